The molecule has 1 aliphatic heterocycles. The molecule has 0 radical (unpaired) electrons. The Bertz CT molecular complexity index is 377. The van der Waals surface area contributed by atoms with E-state index in [0.29, 0.717) is 26.2 Å². The van der Waals surface area contributed by atoms with Crippen molar-refractivity contribution in [2.24, 2.45) is 0 Å². The third kappa shape index (κ3) is 3.72. The smallest absolute Gasteiger partial charge is 0.407 e. The van der Waals surface area contributed by atoms with E-state index >= 15 is 0 Å². The van der Waals surface area contributed by atoms with Gasteiger partial charge in [-0.25, -0.2) is 4.79 Å². The molecule has 98 valence electrons. The first kappa shape index (κ1) is 12.9. The fourth-order valence-electron chi connectivity index (χ4n) is 2.00. The molecule has 1 amide bonds. The number of ether oxygens (including phenoxy) is 1. The van der Waals surface area contributed by atoms with Crippen molar-refractivity contribution in [3.63, 3.8) is 0 Å². The summed E-state index contributed by atoms with van der Waals surface area (Å²) in [6.45, 7) is 2.98. The predicted octanol–water partition coefficient (Wildman–Crippen LogP) is 1.16. The van der Waals surface area contributed by atoms with Gasteiger partial charge in [0.15, 0.2) is 0 Å². The molecular formula is C13H18N2O3. The monoisotopic (exact) mass is 250 g/mol. The van der Waals surface area contributed by atoms with Crippen molar-refractivity contribution in [3.8, 4) is 0 Å². The molecule has 1 unspecified atom stereocenters. The fourth-order valence-corrected chi connectivity index (χ4v) is 2.00. The number of amides is 1. The first-order valence-electron chi connectivity index (χ1n) is 6.10. The quantitative estimate of drug-likeness (QED) is 0.841. The predicted molar refractivity (Wildman–Crippen MR) is 67.5 cm³/mol. The van der Waals surface area contributed by atoms with Crippen LogP contribution in [0.1, 0.15) is 5.56 Å². The van der Waals surface area contributed by atoms with E-state index < -0.39 is 6.09 Å². The van der Waals surface area contributed by atoms with Crippen LogP contribution in [0.15, 0.2) is 30.3 Å². The Morgan fingerprint density at radius 1 is 1.44 bits per heavy atom. The number of benzene rings is 1. The summed E-state index contributed by atoms with van der Waals surface area (Å²) in [5.74, 6) is 0. The molecule has 0 aliphatic carbocycles. The van der Waals surface area contributed by atoms with Crippen LogP contribution in [0.4, 0.5) is 4.79 Å². The molecule has 1 saturated heterocycles. The average molecular weight is 250 g/mol. The molecule has 1 fully saturated rings. The summed E-state index contributed by atoms with van der Waals surface area (Å²) in [4.78, 5) is 12.6. The Morgan fingerprint density at radius 3 is 2.83 bits per heavy atom. The molecule has 2 N–H and O–H groups in total. The highest BCUT2D eigenvalue weighted by Gasteiger charge is 2.20. The van der Waals surface area contributed by atoms with Crippen molar-refractivity contribution in [1.82, 2.24) is 10.2 Å². The van der Waals surface area contributed by atoms with E-state index in [4.69, 9.17) is 4.74 Å². The zero-order valence-electron chi connectivity index (χ0n) is 10.2. The number of rotatable bonds is 4. The molecule has 1 heterocycles. The number of carbonyl (C=O) groups is 1. The maximum absolute atomic E-state index is 11.2. The molecular weight excluding hydrogens is 232 g/mol. The minimum absolute atomic E-state index is 0.0569. The van der Waals surface area contributed by atoms with Crippen LogP contribution in [0.5, 0.6) is 0 Å². The lowest BCUT2D eigenvalue weighted by atomic mass is 10.2. The van der Waals surface area contributed by atoms with Gasteiger partial charge in [0.05, 0.1) is 19.3 Å². The van der Waals surface area contributed by atoms with Crippen LogP contribution in [-0.2, 0) is 11.3 Å². The third-order valence-corrected chi connectivity index (χ3v) is 2.92. The SMILES string of the molecule is O=C(O)N(Cc1ccccc1)CC1CNCCO1. The summed E-state index contributed by atoms with van der Waals surface area (Å²) in [5, 5.41) is 12.4. The van der Waals surface area contributed by atoms with Gasteiger partial charge in [0.25, 0.3) is 0 Å². The molecule has 1 aromatic rings. The zero-order chi connectivity index (χ0) is 12.8. The minimum Gasteiger partial charge on any atom is -0.465 e. The van der Waals surface area contributed by atoms with E-state index in [9.17, 15) is 9.90 Å². The van der Waals surface area contributed by atoms with Crippen LogP contribution < -0.4 is 5.32 Å². The van der Waals surface area contributed by atoms with Gasteiger partial charge >= 0.3 is 6.09 Å². The zero-order valence-corrected chi connectivity index (χ0v) is 10.2. The topological polar surface area (TPSA) is 61.8 Å². The standard InChI is InChI=1S/C13H18N2O3/c16-13(17)15(9-11-4-2-1-3-5-11)10-12-8-14-6-7-18-12/h1-5,12,14H,6-10H2,(H,16,17). The number of hydrogen-bond acceptors (Lipinski definition) is 3. The van der Waals surface area contributed by atoms with E-state index in [2.05, 4.69) is 5.32 Å². The average Bonchev–Trinajstić information content (AvgIpc) is 2.40. The molecule has 0 saturated carbocycles. The van der Waals surface area contributed by atoms with Gasteiger partial charge < -0.3 is 20.1 Å². The van der Waals surface area contributed by atoms with Gasteiger partial charge in [0.1, 0.15) is 0 Å². The van der Waals surface area contributed by atoms with Gasteiger partial charge in [-0.2, -0.15) is 0 Å². The number of nitrogens with zero attached hydrogens (tertiary/aromatic N) is 1. The Labute approximate surface area is 106 Å². The Balaban J connectivity index is 1.93. The summed E-state index contributed by atoms with van der Waals surface area (Å²) in [6, 6.07) is 9.59. The molecule has 5 nitrogen and oxygen atoms in total. The highest BCUT2D eigenvalue weighted by Crippen LogP contribution is 2.07. The Kier molecular flexibility index (Phi) is 4.55. The first-order valence-corrected chi connectivity index (χ1v) is 6.10. The number of hydrogen-bond donors (Lipinski definition) is 2. The van der Waals surface area contributed by atoms with Crippen molar-refractivity contribution >= 4 is 6.09 Å². The molecule has 0 aromatic heterocycles. The molecule has 18 heavy (non-hydrogen) atoms. The van der Waals surface area contributed by atoms with E-state index in [1.165, 1.54) is 4.90 Å². The van der Waals surface area contributed by atoms with Gasteiger partial charge in [-0.1, -0.05) is 30.3 Å². The summed E-state index contributed by atoms with van der Waals surface area (Å²) < 4.78 is 5.53. The second-order valence-corrected chi connectivity index (χ2v) is 4.35. The lowest BCUT2D eigenvalue weighted by Crippen LogP contribution is -2.46. The van der Waals surface area contributed by atoms with Crippen LogP contribution in [0.2, 0.25) is 0 Å². The maximum Gasteiger partial charge on any atom is 0.407 e. The van der Waals surface area contributed by atoms with E-state index in [0.717, 1.165) is 12.1 Å². The van der Waals surface area contributed by atoms with Gasteiger partial charge in [-0.3, -0.25) is 0 Å². The molecule has 0 spiro atoms. The van der Waals surface area contributed by atoms with E-state index in [1.54, 1.807) is 0 Å². The second-order valence-electron chi connectivity index (χ2n) is 4.35. The third-order valence-electron chi connectivity index (χ3n) is 2.92. The fraction of sp³-hybridized carbons (Fsp3) is 0.462. The summed E-state index contributed by atoms with van der Waals surface area (Å²) in [7, 11) is 0. The minimum atomic E-state index is -0.909. The summed E-state index contributed by atoms with van der Waals surface area (Å²) >= 11 is 0. The summed E-state index contributed by atoms with van der Waals surface area (Å²) in [5.41, 5.74) is 0.990. The Morgan fingerprint density at radius 2 is 2.22 bits per heavy atom. The second kappa shape index (κ2) is 6.37. The highest BCUT2D eigenvalue weighted by atomic mass is 16.5. The normalized spacial score (nSPS) is 19.4. The van der Waals surface area contributed by atoms with Crippen molar-refractivity contribution in [3.05, 3.63) is 35.9 Å². The number of nitrogens with one attached hydrogen (secondary N) is 1. The lowest BCUT2D eigenvalue weighted by Gasteiger charge is -2.28. The molecule has 1 aromatic carbocycles. The molecule has 2 rings (SSSR count). The van der Waals surface area contributed by atoms with E-state index in [-0.39, 0.29) is 6.10 Å². The van der Waals surface area contributed by atoms with Crippen LogP contribution >= 0.6 is 0 Å². The van der Waals surface area contributed by atoms with Crippen LogP contribution in [0, 0.1) is 0 Å². The maximum atomic E-state index is 11.2. The number of carboxylic acid groups (broad SMARTS) is 1. The van der Waals surface area contributed by atoms with Gasteiger partial charge in [-0.05, 0) is 5.56 Å². The molecule has 1 atom stereocenters. The largest absolute Gasteiger partial charge is 0.465 e. The Hall–Kier alpha value is -1.59. The van der Waals surface area contributed by atoms with Crippen molar-refractivity contribution < 1.29 is 14.6 Å². The van der Waals surface area contributed by atoms with Crippen molar-refractivity contribution in [2.45, 2.75) is 12.6 Å². The molecule has 0 bridgehead atoms. The van der Waals surface area contributed by atoms with Crippen molar-refractivity contribution in [1.29, 1.82) is 0 Å². The summed E-state index contributed by atoms with van der Waals surface area (Å²) in [6.07, 6.45) is -0.966. The van der Waals surface area contributed by atoms with Gasteiger partial charge in [-0.15, -0.1) is 0 Å². The number of morpholine rings is 1. The highest BCUT2D eigenvalue weighted by molar-refractivity contribution is 5.65. The van der Waals surface area contributed by atoms with Crippen molar-refractivity contribution in [2.75, 3.05) is 26.2 Å². The molecule has 5 heteroatoms. The molecule has 1 aliphatic rings. The van der Waals surface area contributed by atoms with E-state index in [1.807, 2.05) is 30.3 Å². The van der Waals surface area contributed by atoms with Gasteiger partial charge in [0.2, 0.25) is 0 Å². The first-order chi connectivity index (χ1) is 8.75. The van der Waals surface area contributed by atoms with Crippen LogP contribution in [0.25, 0.3) is 0 Å². The van der Waals surface area contributed by atoms with Crippen LogP contribution in [0.3, 0.4) is 0 Å². The lowest BCUT2D eigenvalue weighted by molar-refractivity contribution is 0.00627. The van der Waals surface area contributed by atoms with Gasteiger partial charge in [0, 0.05) is 19.6 Å². The van der Waals surface area contributed by atoms with Crippen LogP contribution in [-0.4, -0.2) is 48.4 Å².